The van der Waals surface area contributed by atoms with Crippen LogP contribution in [0.1, 0.15) is 359 Å². The zero-order valence-corrected chi connectivity index (χ0v) is 64.8. The minimum atomic E-state index is 0.126. The Labute approximate surface area is 561 Å². The number of ether oxygens (including phenoxy) is 6. The molecule has 0 N–H and O–H groups in total. The topological polar surface area (TPSA) is 55.4 Å². The first-order valence-electron chi connectivity index (χ1n) is 39.5. The van der Waals surface area contributed by atoms with Crippen molar-refractivity contribution in [2.75, 3.05) is 39.6 Å². The molecule has 12 unspecified atom stereocenters. The predicted octanol–water partition coefficient (Wildman–Crippen LogP) is 24.1. The molecule has 0 amide bonds. The summed E-state index contributed by atoms with van der Waals surface area (Å²) >= 11 is 0. The lowest BCUT2D eigenvalue weighted by Gasteiger charge is -2.46. The molecule has 0 aromatic rings. The van der Waals surface area contributed by atoms with Gasteiger partial charge in [-0.25, -0.2) is 0 Å². The van der Waals surface area contributed by atoms with Crippen LogP contribution in [-0.2, 0) is 28.4 Å². The van der Waals surface area contributed by atoms with Gasteiger partial charge in [-0.05, 0) is 269 Å². The van der Waals surface area contributed by atoms with Crippen molar-refractivity contribution in [3.8, 4) is 0 Å². The van der Waals surface area contributed by atoms with E-state index in [1.807, 2.05) is 0 Å². The average molecular weight is 1260 g/mol. The number of hydrogen-bond acceptors (Lipinski definition) is 6. The van der Waals surface area contributed by atoms with Gasteiger partial charge >= 0.3 is 0 Å². The molecular formula is C84H156O6. The highest BCUT2D eigenvalue weighted by atomic mass is 16.5. The average Bonchev–Trinajstić information content (AvgIpc) is 1.56. The van der Waals surface area contributed by atoms with Crippen LogP contribution >= 0.6 is 0 Å². The highest BCUT2D eigenvalue weighted by molar-refractivity contribution is 5.05. The van der Waals surface area contributed by atoms with Crippen molar-refractivity contribution in [3.05, 3.63) is 0 Å². The van der Waals surface area contributed by atoms with E-state index in [-0.39, 0.29) is 33.6 Å². The Bertz CT molecular complexity index is 1930. The van der Waals surface area contributed by atoms with E-state index in [2.05, 4.69) is 166 Å². The molecule has 6 saturated carbocycles. The highest BCUT2D eigenvalue weighted by Crippen LogP contribution is 2.59. The van der Waals surface area contributed by atoms with Gasteiger partial charge in [0.05, 0.1) is 60.0 Å². The molecule has 0 radical (unpaired) electrons. The minimum Gasteiger partial charge on any atom is -0.380 e. The molecule has 6 saturated heterocycles. The summed E-state index contributed by atoms with van der Waals surface area (Å²) in [7, 11) is 0. The van der Waals surface area contributed by atoms with E-state index in [4.69, 9.17) is 28.4 Å². The van der Waals surface area contributed by atoms with Crippen LogP contribution < -0.4 is 0 Å². The molecule has 12 rings (SSSR count). The molecule has 0 bridgehead atoms. The van der Waals surface area contributed by atoms with Gasteiger partial charge in [-0.15, -0.1) is 0 Å². The Kier molecular flexibility index (Phi) is 26.1. The molecule has 90 heavy (non-hydrogen) atoms. The van der Waals surface area contributed by atoms with Gasteiger partial charge in [-0.1, -0.05) is 182 Å². The van der Waals surface area contributed by atoms with Gasteiger partial charge in [0.25, 0.3) is 0 Å². The van der Waals surface area contributed by atoms with E-state index in [0.717, 1.165) is 111 Å². The SMILES string of the molecule is CC(C)C1CCCC2(C1)CC(C)(C)CO2.CC(C)C1CCCC2(C1)OCCC2(C)C.CC(C)C1CCCC2(CCC(C)(C)O2)C1.CC(C)C1CCCC2(CCOC2(C)C)C1.CC(C)C1CCCC2(COC(C)(C)C2)C1.CC(C)C1CCCC2(COCC2(C)C)C1. The Hall–Kier alpha value is -0.240. The summed E-state index contributed by atoms with van der Waals surface area (Å²) in [5.41, 5.74) is 3.91. The maximum absolute atomic E-state index is 6.36. The van der Waals surface area contributed by atoms with Crippen molar-refractivity contribution in [2.24, 2.45) is 104 Å². The van der Waals surface area contributed by atoms with Crippen LogP contribution in [0.4, 0.5) is 0 Å². The zero-order valence-electron chi connectivity index (χ0n) is 64.8. The van der Waals surface area contributed by atoms with Gasteiger partial charge in [0.2, 0.25) is 0 Å². The van der Waals surface area contributed by atoms with Gasteiger partial charge in [0.15, 0.2) is 0 Å². The molecule has 528 valence electrons. The standard InChI is InChI=1S/6C14H26O/c1-11(2)12-6-5-7-14(8-12)10-15-9-13(14,3)4;1-11(2)12-6-5-7-14(8-12)9-13(3,4)15-10-14;1-11(2)12-6-5-7-14(8-12)9-13(3,4)10-15-14;1-11(2)12-6-5-7-14(10-12)8-9-15-13(14,3)4;1-11(2)12-6-5-7-14(10-12)13(3,4)8-9-15-14;1-11(2)12-6-5-7-14(10-12)9-8-13(3,4)15-14/h6*11-12H,5-10H2,1-4H3. The van der Waals surface area contributed by atoms with E-state index in [0.29, 0.717) is 32.5 Å². The second-order valence-corrected chi connectivity index (χ2v) is 40.2. The molecule has 6 heterocycles. The van der Waals surface area contributed by atoms with Crippen LogP contribution in [0, 0.1) is 104 Å². The third-order valence-corrected chi connectivity index (χ3v) is 28.6. The summed E-state index contributed by atoms with van der Waals surface area (Å²) in [4.78, 5) is 0. The van der Waals surface area contributed by atoms with Crippen molar-refractivity contribution >= 4 is 0 Å². The fourth-order valence-electron chi connectivity index (χ4n) is 21.5. The second-order valence-electron chi connectivity index (χ2n) is 40.2. The summed E-state index contributed by atoms with van der Waals surface area (Å²) in [6, 6.07) is 0. The predicted molar refractivity (Wildman–Crippen MR) is 383 cm³/mol. The van der Waals surface area contributed by atoms with Crippen molar-refractivity contribution < 1.29 is 28.4 Å². The first-order valence-corrected chi connectivity index (χ1v) is 39.5. The molecule has 0 aromatic carbocycles. The smallest absolute Gasteiger partial charge is 0.0736 e. The Balaban J connectivity index is 0.000000154. The lowest BCUT2D eigenvalue weighted by Crippen LogP contribution is -2.46. The number of hydrogen-bond donors (Lipinski definition) is 0. The van der Waals surface area contributed by atoms with Crippen molar-refractivity contribution in [2.45, 2.75) is 392 Å². The van der Waals surface area contributed by atoms with Crippen LogP contribution in [0.15, 0.2) is 0 Å². The fourth-order valence-corrected chi connectivity index (χ4v) is 21.5. The van der Waals surface area contributed by atoms with Crippen LogP contribution in [0.25, 0.3) is 0 Å². The molecule has 12 atom stereocenters. The third kappa shape index (κ3) is 19.1. The van der Waals surface area contributed by atoms with Crippen molar-refractivity contribution in [1.82, 2.24) is 0 Å². The summed E-state index contributed by atoms with van der Waals surface area (Å²) < 4.78 is 36.4. The Morgan fingerprint density at radius 2 is 0.767 bits per heavy atom. The highest BCUT2D eigenvalue weighted by Gasteiger charge is 2.56. The maximum Gasteiger partial charge on any atom is 0.0736 e. The van der Waals surface area contributed by atoms with E-state index in [1.54, 1.807) is 0 Å². The van der Waals surface area contributed by atoms with Crippen molar-refractivity contribution in [1.29, 1.82) is 0 Å². The van der Waals surface area contributed by atoms with Gasteiger partial charge < -0.3 is 28.4 Å². The van der Waals surface area contributed by atoms with Crippen LogP contribution in [-0.4, -0.2) is 73.2 Å². The van der Waals surface area contributed by atoms with E-state index < -0.39 is 0 Å². The third-order valence-electron chi connectivity index (χ3n) is 28.6. The molecule has 6 spiro atoms. The molecule has 6 nitrogen and oxygen atoms in total. The molecular weight excluding hydrogens is 1100 g/mol. The van der Waals surface area contributed by atoms with E-state index in [9.17, 15) is 0 Å². The Morgan fingerprint density at radius 1 is 0.311 bits per heavy atom. The maximum atomic E-state index is 6.36. The van der Waals surface area contributed by atoms with Gasteiger partial charge in [-0.2, -0.15) is 0 Å². The lowest BCUT2D eigenvalue weighted by atomic mass is 9.57. The largest absolute Gasteiger partial charge is 0.380 e. The van der Waals surface area contributed by atoms with Gasteiger partial charge in [-0.3, -0.25) is 0 Å². The molecule has 12 fully saturated rings. The second kappa shape index (κ2) is 30.5. The summed E-state index contributed by atoms with van der Waals surface area (Å²) in [6.45, 7) is 62.4. The quantitative estimate of drug-likeness (QED) is 0.264. The molecule has 12 aliphatic rings. The zero-order chi connectivity index (χ0) is 66.6. The van der Waals surface area contributed by atoms with E-state index >= 15 is 0 Å². The van der Waals surface area contributed by atoms with Gasteiger partial charge in [0, 0.05) is 24.0 Å². The lowest BCUT2D eigenvalue weighted by molar-refractivity contribution is -0.115. The van der Waals surface area contributed by atoms with Gasteiger partial charge in [0.1, 0.15) is 0 Å². The summed E-state index contributed by atoms with van der Waals surface area (Å²) in [5, 5.41) is 0. The number of rotatable bonds is 6. The summed E-state index contributed by atoms with van der Waals surface area (Å²) in [6.07, 6.45) is 40.8. The molecule has 6 aliphatic carbocycles. The van der Waals surface area contributed by atoms with Crippen molar-refractivity contribution in [3.63, 3.8) is 0 Å². The van der Waals surface area contributed by atoms with Crippen LogP contribution in [0.2, 0.25) is 0 Å². The monoisotopic (exact) mass is 1260 g/mol. The molecule has 6 aliphatic heterocycles. The summed E-state index contributed by atoms with van der Waals surface area (Å²) in [5.74, 6) is 10.5. The molecule has 6 heteroatoms. The minimum absolute atomic E-state index is 0.126. The fraction of sp³-hybridized carbons (Fsp3) is 1.00. The normalized spacial score (nSPS) is 40.2. The first-order chi connectivity index (χ1) is 41.7. The van der Waals surface area contributed by atoms with Crippen LogP contribution in [0.3, 0.4) is 0 Å². The Morgan fingerprint density at radius 3 is 1.20 bits per heavy atom. The first kappa shape index (κ1) is 77.1. The molecule has 0 aromatic heterocycles. The van der Waals surface area contributed by atoms with Crippen LogP contribution in [0.5, 0.6) is 0 Å². The van der Waals surface area contributed by atoms with E-state index in [1.165, 1.54) is 193 Å².